The molecule has 22 nitrogen and oxygen atoms in total. The van der Waals surface area contributed by atoms with Crippen molar-refractivity contribution in [2.45, 2.75) is 236 Å². The molecule has 2 unspecified atom stereocenters. The monoisotopic (exact) mass is 1060 g/mol. The molecule has 22 heteroatoms. The Morgan fingerprint density at radius 2 is 1.19 bits per heavy atom. The lowest BCUT2D eigenvalue weighted by atomic mass is 9.33. The molecule has 29 atom stereocenters. The Morgan fingerprint density at radius 1 is 0.595 bits per heavy atom. The molecule has 0 aromatic rings. The van der Waals surface area contributed by atoms with Crippen LogP contribution in [-0.2, 0) is 42.7 Å². The summed E-state index contributed by atoms with van der Waals surface area (Å²) in [5.41, 5.74) is -2.99. The summed E-state index contributed by atoms with van der Waals surface area (Å²) in [6.45, 7) is 14.2. The second-order valence-electron chi connectivity index (χ2n) is 25.5. The molecule has 4 aliphatic heterocycles. The van der Waals surface area contributed by atoms with E-state index in [1.807, 2.05) is 0 Å². The number of hydrogen-bond donors (Lipinski definition) is 13. The SMILES string of the molecule is C[C@@H]1O[C@@H](O[C@H]2[C@H](OC(=O)[C@]34CCC(C)(C)C[C@H]3C3=CCC5[C@@]6(C)C[C@@H](O)[C@@H](O)[C@@](C)(CO)C6[C@H](O)C[C@@]5(C)[C@]3(C)CC4)OC[C@H](O)[C@@H]2O)[C@H](O)[C@H](O)[C@H]1O[C@@H]1OC[C@@H](O)[C@H](O[C@H]2O[C@H](C)[C@@H](O)[C@H](O)[C@@H]2O)[C@H]1O. The van der Waals surface area contributed by atoms with Gasteiger partial charge in [-0.2, -0.15) is 0 Å². The summed E-state index contributed by atoms with van der Waals surface area (Å²) in [6, 6.07) is 0. The van der Waals surface area contributed by atoms with Crippen molar-refractivity contribution in [3.05, 3.63) is 11.6 Å². The van der Waals surface area contributed by atoms with Crippen molar-refractivity contribution in [3.63, 3.8) is 0 Å². The number of fused-ring (bicyclic) bond motifs is 7. The lowest BCUT2D eigenvalue weighted by Gasteiger charge is -2.72. The van der Waals surface area contributed by atoms with Crippen LogP contribution in [0.25, 0.3) is 0 Å². The van der Waals surface area contributed by atoms with E-state index in [4.69, 9.17) is 37.9 Å². The minimum absolute atomic E-state index is 0.0495. The summed E-state index contributed by atoms with van der Waals surface area (Å²) in [6.07, 6.45) is -25.4. The van der Waals surface area contributed by atoms with E-state index in [1.54, 1.807) is 6.92 Å². The van der Waals surface area contributed by atoms with Crippen molar-refractivity contribution in [1.29, 1.82) is 0 Å². The fourth-order valence-corrected chi connectivity index (χ4v) is 16.1. The van der Waals surface area contributed by atoms with Gasteiger partial charge in [0.2, 0.25) is 6.29 Å². The maximum atomic E-state index is 15.2. The predicted octanol–water partition coefficient (Wildman–Crippen LogP) is -1.79. The first kappa shape index (κ1) is 57.1. The second-order valence-corrected chi connectivity index (χ2v) is 25.5. The molecule has 0 aromatic carbocycles. The number of esters is 1. The Balaban J connectivity index is 0.913. The minimum Gasteiger partial charge on any atom is -0.432 e. The fourth-order valence-electron chi connectivity index (χ4n) is 16.1. The van der Waals surface area contributed by atoms with Gasteiger partial charge in [0.1, 0.15) is 67.1 Å². The van der Waals surface area contributed by atoms with Crippen LogP contribution in [0.3, 0.4) is 0 Å². The van der Waals surface area contributed by atoms with E-state index < -0.39 is 188 Å². The fraction of sp³-hybridized carbons (Fsp3) is 0.942. The van der Waals surface area contributed by atoms with E-state index in [0.717, 1.165) is 5.57 Å². The first-order chi connectivity index (χ1) is 34.5. The predicted molar refractivity (Wildman–Crippen MR) is 252 cm³/mol. The van der Waals surface area contributed by atoms with Crippen molar-refractivity contribution < 1.29 is 109 Å². The number of carbonyl (C=O) groups is 1. The normalized spacial score (nSPS) is 56.4. The van der Waals surface area contributed by atoms with Crippen molar-refractivity contribution >= 4 is 5.97 Å². The average Bonchev–Trinajstić information content (AvgIpc) is 3.34. The molecule has 4 saturated carbocycles. The summed E-state index contributed by atoms with van der Waals surface area (Å²) < 4.78 is 47.0. The van der Waals surface area contributed by atoms with Crippen LogP contribution in [0.15, 0.2) is 11.6 Å². The highest BCUT2D eigenvalue weighted by molar-refractivity contribution is 5.79. The molecule has 9 rings (SSSR count). The highest BCUT2D eigenvalue weighted by atomic mass is 16.8. The number of aliphatic hydroxyl groups is 13. The van der Waals surface area contributed by atoms with Gasteiger partial charge in [-0.15, -0.1) is 0 Å². The molecule has 0 amide bonds. The van der Waals surface area contributed by atoms with Crippen LogP contribution in [0.2, 0.25) is 0 Å². The second kappa shape index (κ2) is 20.2. The summed E-state index contributed by atoms with van der Waals surface area (Å²) >= 11 is 0. The third-order valence-corrected chi connectivity index (χ3v) is 20.6. The van der Waals surface area contributed by atoms with E-state index in [1.165, 1.54) is 13.8 Å². The standard InChI is InChI=1S/C52H84O22/c1-21-30(58)32(60)34(62)43(69-21)72-38-28(57)19-67-42(36(38)64)71-37-22(2)70-44(35(63)33(37)61)73-39-31(59)27(56)18-68-45(39)74-46(66)52-13-11-47(3,4)15-24(52)23-9-10-29-48(5)16-26(55)41(65)49(6,20-53)40(48)25(54)17-51(29,8)50(23,7)12-14-52/h9,21-22,24-45,53-65H,10-20H2,1-8H3/t21-,22+,24+,25-,26-,27+,28-,29?,30-,31+,32+,33+,34+,35-,36-,37+,38+,39-,40?,41-,42+,43-,44+,45+,48-,49+,50-,51-,52+/m1/s1. The van der Waals surface area contributed by atoms with Gasteiger partial charge in [0.25, 0.3) is 0 Å². The quantitative estimate of drug-likeness (QED) is 0.0896. The molecular formula is C52H84O22. The zero-order chi connectivity index (χ0) is 54.2. The van der Waals surface area contributed by atoms with Crippen molar-refractivity contribution in [1.82, 2.24) is 0 Å². The molecule has 0 bridgehead atoms. The van der Waals surface area contributed by atoms with Crippen molar-refractivity contribution in [3.8, 4) is 0 Å². The highest BCUT2D eigenvalue weighted by Gasteiger charge is 2.73. The molecule has 74 heavy (non-hydrogen) atoms. The summed E-state index contributed by atoms with van der Waals surface area (Å²) in [5.74, 6) is -1.45. The Morgan fingerprint density at radius 3 is 1.86 bits per heavy atom. The Bertz CT molecular complexity index is 2060. The van der Waals surface area contributed by atoms with E-state index in [2.05, 4.69) is 40.7 Å². The molecule has 424 valence electrons. The number of rotatable bonds is 9. The molecule has 8 fully saturated rings. The van der Waals surface area contributed by atoms with E-state index in [9.17, 15) is 66.4 Å². The highest BCUT2D eigenvalue weighted by Crippen LogP contribution is 2.76. The van der Waals surface area contributed by atoms with Gasteiger partial charge in [-0.1, -0.05) is 53.2 Å². The molecule has 0 spiro atoms. The van der Waals surface area contributed by atoms with Gasteiger partial charge >= 0.3 is 5.97 Å². The molecule has 4 saturated heterocycles. The number of carbonyl (C=O) groups excluding carboxylic acids is 1. The maximum absolute atomic E-state index is 15.2. The maximum Gasteiger partial charge on any atom is 0.315 e. The Kier molecular flexibility index (Phi) is 15.6. The molecule has 13 N–H and O–H groups in total. The van der Waals surface area contributed by atoms with E-state index in [0.29, 0.717) is 44.9 Å². The van der Waals surface area contributed by atoms with E-state index >= 15 is 4.79 Å². The summed E-state index contributed by atoms with van der Waals surface area (Å²) in [4.78, 5) is 15.2. The van der Waals surface area contributed by atoms with E-state index in [-0.39, 0.29) is 23.7 Å². The van der Waals surface area contributed by atoms with Crippen LogP contribution in [0, 0.1) is 50.2 Å². The van der Waals surface area contributed by atoms with Gasteiger partial charge in [0.15, 0.2) is 25.0 Å². The van der Waals surface area contributed by atoms with Crippen LogP contribution in [0.4, 0.5) is 0 Å². The number of ether oxygens (including phenoxy) is 8. The lowest BCUT2D eigenvalue weighted by Crippen LogP contribution is -2.71. The molecule has 4 heterocycles. The van der Waals surface area contributed by atoms with Gasteiger partial charge in [0, 0.05) is 11.3 Å². The molecule has 0 radical (unpaired) electrons. The average molecular weight is 1060 g/mol. The molecule has 9 aliphatic rings. The van der Waals surface area contributed by atoms with Crippen LogP contribution < -0.4 is 0 Å². The first-order valence-corrected chi connectivity index (χ1v) is 26.7. The largest absolute Gasteiger partial charge is 0.432 e. The summed E-state index contributed by atoms with van der Waals surface area (Å²) in [7, 11) is 0. The Labute approximate surface area is 431 Å². The van der Waals surface area contributed by atoms with Gasteiger partial charge in [0.05, 0.1) is 55.8 Å². The number of hydrogen-bond acceptors (Lipinski definition) is 22. The lowest BCUT2D eigenvalue weighted by molar-refractivity contribution is -0.377. The molecule has 5 aliphatic carbocycles. The van der Waals surface area contributed by atoms with Crippen LogP contribution in [0.5, 0.6) is 0 Å². The number of allylic oxidation sites excluding steroid dienone is 2. The topological polar surface area (TPSA) is 354 Å². The zero-order valence-electron chi connectivity index (χ0n) is 43.7. The van der Waals surface area contributed by atoms with Gasteiger partial charge < -0.3 is 104 Å². The zero-order valence-corrected chi connectivity index (χ0v) is 43.7. The van der Waals surface area contributed by atoms with Crippen LogP contribution in [-0.4, -0.2) is 221 Å². The third-order valence-electron chi connectivity index (χ3n) is 20.6. The minimum atomic E-state index is -1.92. The molecular weight excluding hydrogens is 977 g/mol. The van der Waals surface area contributed by atoms with Crippen molar-refractivity contribution in [2.24, 2.45) is 50.2 Å². The Hall–Kier alpha value is -1.59. The van der Waals surface area contributed by atoms with Crippen molar-refractivity contribution in [2.75, 3.05) is 19.8 Å². The molecule has 0 aromatic heterocycles. The summed E-state index contributed by atoms with van der Waals surface area (Å²) in [5, 5.41) is 144. The first-order valence-electron chi connectivity index (χ1n) is 26.7. The smallest absolute Gasteiger partial charge is 0.315 e. The third kappa shape index (κ3) is 8.98. The van der Waals surface area contributed by atoms with Crippen LogP contribution in [0.1, 0.15) is 107 Å². The number of aliphatic hydroxyl groups excluding tert-OH is 13. The van der Waals surface area contributed by atoms with Gasteiger partial charge in [-0.05, 0) is 98.7 Å². The van der Waals surface area contributed by atoms with Crippen LogP contribution >= 0.6 is 0 Å². The van der Waals surface area contributed by atoms with Gasteiger partial charge in [-0.25, -0.2) is 0 Å². The van der Waals surface area contributed by atoms with Gasteiger partial charge in [-0.3, -0.25) is 4.79 Å².